The maximum absolute atomic E-state index is 6.20. The third kappa shape index (κ3) is 4.32. The van der Waals surface area contributed by atoms with Gasteiger partial charge in [-0.25, -0.2) is 0 Å². The Morgan fingerprint density at radius 3 is 2.45 bits per heavy atom. The molecule has 2 aromatic rings. The van der Waals surface area contributed by atoms with E-state index in [1.54, 1.807) is 7.11 Å². The largest absolute Gasteiger partial charge is 0.380 e. The fourth-order valence-electron chi connectivity index (χ4n) is 2.02. The number of rotatable bonds is 6. The Bertz CT molecular complexity index is 574. The van der Waals surface area contributed by atoms with Gasteiger partial charge in [-0.3, -0.25) is 0 Å². The fourth-order valence-corrected chi connectivity index (χ4v) is 2.76. The molecule has 0 radical (unpaired) electrons. The molecule has 4 heteroatoms. The number of halogens is 2. The van der Waals surface area contributed by atoms with E-state index in [1.165, 1.54) is 11.1 Å². The van der Waals surface area contributed by atoms with Crippen molar-refractivity contribution < 1.29 is 4.74 Å². The van der Waals surface area contributed by atoms with Gasteiger partial charge in [-0.05, 0) is 28.8 Å². The van der Waals surface area contributed by atoms with Crippen molar-refractivity contribution in [2.75, 3.05) is 7.11 Å². The Hall–Kier alpha value is -0.870. The first kappa shape index (κ1) is 15.5. The predicted octanol–water partition coefficient (Wildman–Crippen LogP) is 4.54. The SMILES string of the molecule is COCc1ccccc1CNCc1ccc(Br)cc1Cl. The monoisotopic (exact) mass is 353 g/mol. The lowest BCUT2D eigenvalue weighted by Gasteiger charge is -2.11. The normalized spacial score (nSPS) is 10.8. The van der Waals surface area contributed by atoms with Crippen LogP contribution in [-0.2, 0) is 24.4 Å². The highest BCUT2D eigenvalue weighted by Gasteiger charge is 2.03. The average molecular weight is 355 g/mol. The maximum Gasteiger partial charge on any atom is 0.0716 e. The van der Waals surface area contributed by atoms with Crippen LogP contribution in [0.3, 0.4) is 0 Å². The molecular formula is C16H17BrClNO. The zero-order valence-corrected chi connectivity index (χ0v) is 13.7. The Morgan fingerprint density at radius 2 is 1.75 bits per heavy atom. The Labute approximate surface area is 133 Å². The third-order valence-electron chi connectivity index (χ3n) is 3.06. The first-order valence-corrected chi connectivity index (χ1v) is 7.58. The molecule has 0 spiro atoms. The van der Waals surface area contributed by atoms with Crippen LogP contribution in [0.1, 0.15) is 16.7 Å². The Morgan fingerprint density at radius 1 is 1.05 bits per heavy atom. The van der Waals surface area contributed by atoms with E-state index in [1.807, 2.05) is 30.3 Å². The Balaban J connectivity index is 1.96. The average Bonchev–Trinajstić information content (AvgIpc) is 2.43. The highest BCUT2D eigenvalue weighted by Crippen LogP contribution is 2.21. The van der Waals surface area contributed by atoms with Crippen LogP contribution in [-0.4, -0.2) is 7.11 Å². The number of hydrogen-bond acceptors (Lipinski definition) is 2. The summed E-state index contributed by atoms with van der Waals surface area (Å²) in [6, 6.07) is 14.2. The van der Waals surface area contributed by atoms with Gasteiger partial charge in [0.05, 0.1) is 6.61 Å². The topological polar surface area (TPSA) is 21.3 Å². The molecule has 0 amide bonds. The molecule has 20 heavy (non-hydrogen) atoms. The van der Waals surface area contributed by atoms with Gasteiger partial charge in [-0.1, -0.05) is 57.9 Å². The summed E-state index contributed by atoms with van der Waals surface area (Å²) in [6.07, 6.45) is 0. The molecule has 0 fully saturated rings. The number of hydrogen-bond donors (Lipinski definition) is 1. The summed E-state index contributed by atoms with van der Waals surface area (Å²) in [6.45, 7) is 2.18. The molecule has 0 aliphatic heterocycles. The molecular weight excluding hydrogens is 338 g/mol. The summed E-state index contributed by atoms with van der Waals surface area (Å²) in [5.41, 5.74) is 3.56. The summed E-state index contributed by atoms with van der Waals surface area (Å²) >= 11 is 9.61. The first-order valence-electron chi connectivity index (χ1n) is 6.41. The minimum Gasteiger partial charge on any atom is -0.380 e. The van der Waals surface area contributed by atoms with Crippen molar-refractivity contribution >= 4 is 27.5 Å². The molecule has 0 atom stereocenters. The molecule has 2 nitrogen and oxygen atoms in total. The first-order chi connectivity index (χ1) is 9.70. The van der Waals surface area contributed by atoms with Crippen LogP contribution < -0.4 is 5.32 Å². The predicted molar refractivity (Wildman–Crippen MR) is 86.9 cm³/mol. The lowest BCUT2D eigenvalue weighted by atomic mass is 10.1. The second-order valence-electron chi connectivity index (χ2n) is 4.54. The van der Waals surface area contributed by atoms with Crippen LogP contribution in [0.2, 0.25) is 5.02 Å². The maximum atomic E-state index is 6.20. The van der Waals surface area contributed by atoms with E-state index >= 15 is 0 Å². The third-order valence-corrected chi connectivity index (χ3v) is 3.91. The Kier molecular flexibility index (Phi) is 6.05. The van der Waals surface area contributed by atoms with Gasteiger partial charge in [0.1, 0.15) is 0 Å². The molecule has 2 aromatic carbocycles. The molecule has 106 valence electrons. The zero-order chi connectivity index (χ0) is 14.4. The summed E-state index contributed by atoms with van der Waals surface area (Å²) in [7, 11) is 1.71. The van der Waals surface area contributed by atoms with Gasteiger partial charge in [-0.2, -0.15) is 0 Å². The fraction of sp³-hybridized carbons (Fsp3) is 0.250. The molecule has 0 bridgehead atoms. The zero-order valence-electron chi connectivity index (χ0n) is 11.3. The molecule has 0 unspecified atom stereocenters. The summed E-state index contributed by atoms with van der Waals surface area (Å²) in [5, 5.41) is 4.20. The van der Waals surface area contributed by atoms with Crippen molar-refractivity contribution in [2.45, 2.75) is 19.7 Å². The van der Waals surface area contributed by atoms with Crippen LogP contribution in [0.25, 0.3) is 0 Å². The molecule has 2 rings (SSSR count). The highest BCUT2D eigenvalue weighted by atomic mass is 79.9. The van der Waals surface area contributed by atoms with Crippen LogP contribution in [0.5, 0.6) is 0 Å². The number of nitrogens with one attached hydrogen (secondary N) is 1. The number of methoxy groups -OCH3 is 1. The molecule has 0 saturated heterocycles. The van der Waals surface area contributed by atoms with Gasteiger partial charge < -0.3 is 10.1 Å². The van der Waals surface area contributed by atoms with E-state index < -0.39 is 0 Å². The van der Waals surface area contributed by atoms with Crippen molar-refractivity contribution in [1.29, 1.82) is 0 Å². The molecule has 0 aliphatic rings. The van der Waals surface area contributed by atoms with Crippen LogP contribution >= 0.6 is 27.5 Å². The molecule has 0 aliphatic carbocycles. The van der Waals surface area contributed by atoms with E-state index in [0.717, 1.165) is 28.1 Å². The molecule has 0 saturated carbocycles. The van der Waals surface area contributed by atoms with Crippen molar-refractivity contribution in [3.63, 3.8) is 0 Å². The van der Waals surface area contributed by atoms with Crippen LogP contribution in [0, 0.1) is 0 Å². The number of benzene rings is 2. The van der Waals surface area contributed by atoms with Gasteiger partial charge in [0.15, 0.2) is 0 Å². The smallest absolute Gasteiger partial charge is 0.0716 e. The van der Waals surface area contributed by atoms with E-state index in [9.17, 15) is 0 Å². The summed E-state index contributed by atoms with van der Waals surface area (Å²) < 4.78 is 6.21. The van der Waals surface area contributed by atoms with Crippen molar-refractivity contribution in [3.05, 3.63) is 68.7 Å². The van der Waals surface area contributed by atoms with Crippen LogP contribution in [0.4, 0.5) is 0 Å². The lowest BCUT2D eigenvalue weighted by molar-refractivity contribution is 0.184. The molecule has 1 N–H and O–H groups in total. The standard InChI is InChI=1S/C16H17BrClNO/c1-20-11-14-5-3-2-4-12(14)9-19-10-13-6-7-15(17)8-16(13)18/h2-8,19H,9-11H2,1H3. The van der Waals surface area contributed by atoms with Crippen molar-refractivity contribution in [2.24, 2.45) is 0 Å². The van der Waals surface area contributed by atoms with Gasteiger partial charge in [0.25, 0.3) is 0 Å². The van der Waals surface area contributed by atoms with E-state index in [2.05, 4.69) is 33.4 Å². The van der Waals surface area contributed by atoms with Gasteiger partial charge in [0.2, 0.25) is 0 Å². The van der Waals surface area contributed by atoms with Gasteiger partial charge in [-0.15, -0.1) is 0 Å². The molecule has 0 aromatic heterocycles. The second-order valence-corrected chi connectivity index (χ2v) is 5.86. The minimum absolute atomic E-state index is 0.636. The van der Waals surface area contributed by atoms with E-state index in [4.69, 9.17) is 16.3 Å². The summed E-state index contributed by atoms with van der Waals surface area (Å²) in [5.74, 6) is 0. The van der Waals surface area contributed by atoms with Crippen molar-refractivity contribution in [3.8, 4) is 0 Å². The lowest BCUT2D eigenvalue weighted by Crippen LogP contribution is -2.14. The highest BCUT2D eigenvalue weighted by molar-refractivity contribution is 9.10. The van der Waals surface area contributed by atoms with Gasteiger partial charge in [0, 0.05) is 29.7 Å². The summed E-state index contributed by atoms with van der Waals surface area (Å²) in [4.78, 5) is 0. The number of ether oxygens (including phenoxy) is 1. The van der Waals surface area contributed by atoms with Crippen LogP contribution in [0.15, 0.2) is 46.9 Å². The second kappa shape index (κ2) is 7.79. The van der Waals surface area contributed by atoms with Gasteiger partial charge >= 0.3 is 0 Å². The quantitative estimate of drug-likeness (QED) is 0.822. The molecule has 0 heterocycles. The van der Waals surface area contributed by atoms with Crippen molar-refractivity contribution in [1.82, 2.24) is 5.32 Å². The van der Waals surface area contributed by atoms with E-state index in [-0.39, 0.29) is 0 Å². The van der Waals surface area contributed by atoms with E-state index in [0.29, 0.717) is 6.61 Å². The minimum atomic E-state index is 0.636.